The van der Waals surface area contributed by atoms with Crippen LogP contribution in [0.5, 0.6) is 5.75 Å². The van der Waals surface area contributed by atoms with Gasteiger partial charge in [0, 0.05) is 19.0 Å². The number of amides is 2. The molecule has 9 nitrogen and oxygen atoms in total. The zero-order valence-electron chi connectivity index (χ0n) is 17.4. The first kappa shape index (κ1) is 23.5. The molecular formula is C21H31N3O6. The van der Waals surface area contributed by atoms with E-state index in [0.29, 0.717) is 39.1 Å². The molecule has 0 unspecified atom stereocenters. The van der Waals surface area contributed by atoms with Crippen LogP contribution < -0.4 is 15.8 Å². The van der Waals surface area contributed by atoms with Crippen LogP contribution in [-0.4, -0.2) is 62.8 Å². The molecule has 1 aromatic carbocycles. The standard InChI is InChI=1S/C21H31N3O6/c1-28-19(25)14-23-20(26)17-8-11-24(12-9-17)21(27)30-15-16-4-6-18(7-5-16)29-13-3-2-10-22/h4-7,17H,2-3,8-15,22H2,1H3,(H,23,26). The second kappa shape index (κ2) is 12.7. The number of piperidine rings is 1. The van der Waals surface area contributed by atoms with Crippen LogP contribution >= 0.6 is 0 Å². The van der Waals surface area contributed by atoms with E-state index in [0.717, 1.165) is 24.2 Å². The van der Waals surface area contributed by atoms with E-state index in [9.17, 15) is 14.4 Å². The molecule has 1 aromatic rings. The SMILES string of the molecule is COC(=O)CNC(=O)C1CCN(C(=O)OCc2ccc(OCCCCN)cc2)CC1. The van der Waals surface area contributed by atoms with Crippen molar-refractivity contribution in [1.29, 1.82) is 0 Å². The predicted molar refractivity (Wildman–Crippen MR) is 110 cm³/mol. The molecule has 1 aliphatic heterocycles. The summed E-state index contributed by atoms with van der Waals surface area (Å²) < 4.78 is 15.5. The monoisotopic (exact) mass is 421 g/mol. The van der Waals surface area contributed by atoms with E-state index in [2.05, 4.69) is 10.1 Å². The van der Waals surface area contributed by atoms with Gasteiger partial charge in [0.2, 0.25) is 5.91 Å². The lowest BCUT2D eigenvalue weighted by Gasteiger charge is -2.30. The number of ether oxygens (including phenoxy) is 3. The number of hydrogen-bond donors (Lipinski definition) is 2. The minimum absolute atomic E-state index is 0.144. The average molecular weight is 421 g/mol. The fourth-order valence-electron chi connectivity index (χ4n) is 3.05. The molecule has 1 saturated heterocycles. The number of esters is 1. The number of carbonyl (C=O) groups is 3. The molecule has 2 amide bonds. The van der Waals surface area contributed by atoms with Gasteiger partial charge in [0.15, 0.2) is 0 Å². The fraction of sp³-hybridized carbons (Fsp3) is 0.571. The summed E-state index contributed by atoms with van der Waals surface area (Å²) in [4.78, 5) is 37.0. The maximum atomic E-state index is 12.3. The number of methoxy groups -OCH3 is 1. The highest BCUT2D eigenvalue weighted by molar-refractivity contribution is 5.83. The van der Waals surface area contributed by atoms with E-state index in [1.54, 1.807) is 4.90 Å². The van der Waals surface area contributed by atoms with Gasteiger partial charge in [-0.15, -0.1) is 0 Å². The van der Waals surface area contributed by atoms with E-state index in [1.807, 2.05) is 24.3 Å². The normalized spacial score (nSPS) is 14.1. The van der Waals surface area contributed by atoms with Crippen LogP contribution in [0.3, 0.4) is 0 Å². The minimum Gasteiger partial charge on any atom is -0.494 e. The minimum atomic E-state index is -0.490. The molecule has 0 atom stereocenters. The Hall–Kier alpha value is -2.81. The van der Waals surface area contributed by atoms with Crippen molar-refractivity contribution in [2.24, 2.45) is 11.7 Å². The molecular weight excluding hydrogens is 390 g/mol. The van der Waals surface area contributed by atoms with Gasteiger partial charge in [0.25, 0.3) is 0 Å². The second-order valence-corrected chi connectivity index (χ2v) is 7.10. The largest absolute Gasteiger partial charge is 0.494 e. The summed E-state index contributed by atoms with van der Waals surface area (Å²) in [6.45, 7) is 2.19. The van der Waals surface area contributed by atoms with Crippen LogP contribution in [0.2, 0.25) is 0 Å². The Morgan fingerprint density at radius 2 is 1.83 bits per heavy atom. The zero-order chi connectivity index (χ0) is 21.8. The number of nitrogens with two attached hydrogens (primary N) is 1. The van der Waals surface area contributed by atoms with Gasteiger partial charge in [-0.25, -0.2) is 4.79 Å². The van der Waals surface area contributed by atoms with Gasteiger partial charge in [0.05, 0.1) is 13.7 Å². The van der Waals surface area contributed by atoms with Gasteiger partial charge in [-0.1, -0.05) is 12.1 Å². The molecule has 0 aromatic heterocycles. The number of rotatable bonds is 10. The molecule has 0 bridgehead atoms. The van der Waals surface area contributed by atoms with Crippen molar-refractivity contribution < 1.29 is 28.6 Å². The van der Waals surface area contributed by atoms with Gasteiger partial charge < -0.3 is 30.2 Å². The molecule has 0 aliphatic carbocycles. The van der Waals surface area contributed by atoms with Crippen molar-refractivity contribution in [1.82, 2.24) is 10.2 Å². The molecule has 1 heterocycles. The third-order valence-electron chi connectivity index (χ3n) is 4.91. The quantitative estimate of drug-likeness (QED) is 0.433. The molecule has 3 N–H and O–H groups in total. The molecule has 0 radical (unpaired) electrons. The average Bonchev–Trinajstić information content (AvgIpc) is 2.79. The van der Waals surface area contributed by atoms with Crippen LogP contribution in [0.15, 0.2) is 24.3 Å². The Morgan fingerprint density at radius 3 is 2.47 bits per heavy atom. The number of benzene rings is 1. The van der Waals surface area contributed by atoms with Gasteiger partial charge in [-0.3, -0.25) is 9.59 Å². The number of unbranched alkanes of at least 4 members (excludes halogenated alkanes) is 1. The highest BCUT2D eigenvalue weighted by Gasteiger charge is 2.28. The van der Waals surface area contributed by atoms with Crippen LogP contribution in [0.25, 0.3) is 0 Å². The lowest BCUT2D eigenvalue weighted by atomic mass is 9.96. The third kappa shape index (κ3) is 7.90. The first-order chi connectivity index (χ1) is 14.5. The Balaban J connectivity index is 1.67. The lowest BCUT2D eigenvalue weighted by Crippen LogP contribution is -2.44. The van der Waals surface area contributed by atoms with Gasteiger partial charge in [0.1, 0.15) is 18.9 Å². The van der Waals surface area contributed by atoms with E-state index in [-0.39, 0.29) is 25.0 Å². The zero-order valence-corrected chi connectivity index (χ0v) is 17.4. The summed E-state index contributed by atoms with van der Waals surface area (Å²) in [6.07, 6.45) is 2.50. The first-order valence-corrected chi connectivity index (χ1v) is 10.2. The van der Waals surface area contributed by atoms with E-state index < -0.39 is 12.1 Å². The summed E-state index contributed by atoms with van der Waals surface area (Å²) in [6, 6.07) is 7.43. The number of nitrogens with one attached hydrogen (secondary N) is 1. The lowest BCUT2D eigenvalue weighted by molar-refractivity contribution is -0.141. The molecule has 1 aliphatic rings. The smallest absolute Gasteiger partial charge is 0.410 e. The molecule has 0 saturated carbocycles. The van der Waals surface area contributed by atoms with Crippen LogP contribution in [-0.2, 0) is 25.7 Å². The highest BCUT2D eigenvalue weighted by Crippen LogP contribution is 2.19. The van der Waals surface area contributed by atoms with Gasteiger partial charge in [-0.05, 0) is 49.9 Å². The molecule has 30 heavy (non-hydrogen) atoms. The Bertz CT molecular complexity index is 686. The van der Waals surface area contributed by atoms with Gasteiger partial charge in [-0.2, -0.15) is 0 Å². The van der Waals surface area contributed by atoms with Gasteiger partial charge >= 0.3 is 12.1 Å². The summed E-state index contributed by atoms with van der Waals surface area (Å²) in [5.74, 6) is -0.139. The number of carbonyl (C=O) groups excluding carboxylic acids is 3. The van der Waals surface area contributed by atoms with Crippen molar-refractivity contribution >= 4 is 18.0 Å². The molecule has 2 rings (SSSR count). The molecule has 1 fully saturated rings. The fourth-order valence-corrected chi connectivity index (χ4v) is 3.05. The maximum Gasteiger partial charge on any atom is 0.410 e. The van der Waals surface area contributed by atoms with Crippen LogP contribution in [0.4, 0.5) is 4.79 Å². The molecule has 9 heteroatoms. The van der Waals surface area contributed by atoms with Crippen molar-refractivity contribution in [3.05, 3.63) is 29.8 Å². The summed E-state index contributed by atoms with van der Waals surface area (Å²) >= 11 is 0. The molecule has 166 valence electrons. The first-order valence-electron chi connectivity index (χ1n) is 10.2. The van der Waals surface area contributed by atoms with Crippen LogP contribution in [0.1, 0.15) is 31.2 Å². The maximum absolute atomic E-state index is 12.3. The van der Waals surface area contributed by atoms with E-state index >= 15 is 0 Å². The van der Waals surface area contributed by atoms with Crippen molar-refractivity contribution in [2.45, 2.75) is 32.3 Å². The van der Waals surface area contributed by atoms with E-state index in [4.69, 9.17) is 15.2 Å². The van der Waals surface area contributed by atoms with Crippen molar-refractivity contribution in [3.8, 4) is 5.75 Å². The van der Waals surface area contributed by atoms with Crippen LogP contribution in [0, 0.1) is 5.92 Å². The summed E-state index contributed by atoms with van der Waals surface area (Å²) in [5.41, 5.74) is 6.32. The molecule has 0 spiro atoms. The number of nitrogens with zero attached hydrogens (tertiary/aromatic N) is 1. The third-order valence-corrected chi connectivity index (χ3v) is 4.91. The Morgan fingerprint density at radius 1 is 1.13 bits per heavy atom. The van der Waals surface area contributed by atoms with E-state index in [1.165, 1.54) is 7.11 Å². The number of likely N-dealkylation sites (tertiary alicyclic amines) is 1. The summed E-state index contributed by atoms with van der Waals surface area (Å²) in [5, 5.41) is 2.55. The second-order valence-electron chi connectivity index (χ2n) is 7.10. The Kier molecular flexibility index (Phi) is 9.93. The van der Waals surface area contributed by atoms with Crippen molar-refractivity contribution in [2.75, 3.05) is 39.9 Å². The topological polar surface area (TPSA) is 120 Å². The van der Waals surface area contributed by atoms with Crippen molar-refractivity contribution in [3.63, 3.8) is 0 Å². The predicted octanol–water partition coefficient (Wildman–Crippen LogP) is 1.44. The number of hydrogen-bond acceptors (Lipinski definition) is 7. The Labute approximate surface area is 176 Å². The highest BCUT2D eigenvalue weighted by atomic mass is 16.6. The summed E-state index contributed by atoms with van der Waals surface area (Å²) in [7, 11) is 1.27.